The molecule has 0 aliphatic carbocycles. The van der Waals surface area contributed by atoms with Crippen molar-refractivity contribution >= 4 is 0 Å². The molecule has 0 aliphatic heterocycles. The fourth-order valence-corrected chi connectivity index (χ4v) is 2.48. The third-order valence-corrected chi connectivity index (χ3v) is 3.28. The summed E-state index contributed by atoms with van der Waals surface area (Å²) in [6, 6.07) is 8.18. The summed E-state index contributed by atoms with van der Waals surface area (Å²) < 4.78 is 19.0. The highest BCUT2D eigenvalue weighted by Gasteiger charge is 2.24. The van der Waals surface area contributed by atoms with Crippen LogP contribution in [-0.2, 0) is 6.54 Å². The second kappa shape index (κ2) is 6.15. The Morgan fingerprint density at radius 2 is 2.10 bits per heavy atom. The van der Waals surface area contributed by atoms with Gasteiger partial charge in [0.05, 0.1) is 11.7 Å². The topological polar surface area (TPSA) is 55.3 Å². The predicted octanol–water partition coefficient (Wildman–Crippen LogP) is 2.64. The molecule has 2 unspecified atom stereocenters. The number of nitrogens with zero attached hydrogens (tertiary/aromatic N) is 2. The van der Waals surface area contributed by atoms with Crippen molar-refractivity contribution < 1.29 is 8.91 Å². The van der Waals surface area contributed by atoms with E-state index in [0.717, 1.165) is 11.5 Å². The van der Waals surface area contributed by atoms with E-state index in [1.54, 1.807) is 12.1 Å². The van der Waals surface area contributed by atoms with Gasteiger partial charge in [-0.1, -0.05) is 23.4 Å². The van der Waals surface area contributed by atoms with Crippen molar-refractivity contribution in [2.24, 2.45) is 5.73 Å². The molecular weight excluding hydrogens is 257 g/mol. The van der Waals surface area contributed by atoms with E-state index in [1.807, 2.05) is 37.9 Å². The molecule has 0 fully saturated rings. The molecule has 2 N–H and O–H groups in total. The summed E-state index contributed by atoms with van der Waals surface area (Å²) >= 11 is 0. The van der Waals surface area contributed by atoms with Crippen molar-refractivity contribution in [3.05, 3.63) is 53.2 Å². The molecule has 1 heterocycles. The Hall–Kier alpha value is -1.72. The molecule has 1 aromatic heterocycles. The first-order valence-corrected chi connectivity index (χ1v) is 6.61. The molecule has 0 bridgehead atoms. The molecule has 0 saturated heterocycles. The van der Waals surface area contributed by atoms with Gasteiger partial charge in [-0.3, -0.25) is 4.90 Å². The summed E-state index contributed by atoms with van der Waals surface area (Å²) in [5.41, 5.74) is 7.46. The van der Waals surface area contributed by atoms with Crippen molar-refractivity contribution in [1.82, 2.24) is 10.1 Å². The van der Waals surface area contributed by atoms with Gasteiger partial charge in [-0.05, 0) is 27.0 Å². The van der Waals surface area contributed by atoms with Gasteiger partial charge in [0.1, 0.15) is 11.6 Å². The van der Waals surface area contributed by atoms with Crippen molar-refractivity contribution in [1.29, 1.82) is 0 Å². The Kier molecular flexibility index (Phi) is 4.52. The highest BCUT2D eigenvalue weighted by molar-refractivity contribution is 5.23. The molecule has 0 aliphatic rings. The minimum Gasteiger partial charge on any atom is -0.361 e. The highest BCUT2D eigenvalue weighted by atomic mass is 19.1. The van der Waals surface area contributed by atoms with Crippen molar-refractivity contribution in [2.75, 3.05) is 7.05 Å². The first kappa shape index (κ1) is 14.7. The Morgan fingerprint density at radius 1 is 1.40 bits per heavy atom. The summed E-state index contributed by atoms with van der Waals surface area (Å²) in [4.78, 5) is 1.99. The molecule has 0 saturated carbocycles. The number of likely N-dealkylation sites (N-methyl/N-ethyl adjacent to an activating group) is 1. The van der Waals surface area contributed by atoms with Crippen LogP contribution in [0.15, 0.2) is 34.9 Å². The maximum atomic E-state index is 14.0. The molecule has 5 heteroatoms. The van der Waals surface area contributed by atoms with Crippen molar-refractivity contribution in [3.63, 3.8) is 0 Å². The Balaban J connectivity index is 2.22. The van der Waals surface area contributed by atoms with Gasteiger partial charge in [0.2, 0.25) is 0 Å². The van der Waals surface area contributed by atoms with Crippen LogP contribution in [0, 0.1) is 12.7 Å². The minimum absolute atomic E-state index is 0.204. The van der Waals surface area contributed by atoms with Gasteiger partial charge in [0.25, 0.3) is 0 Å². The number of rotatable bonds is 5. The van der Waals surface area contributed by atoms with Crippen LogP contribution < -0.4 is 5.73 Å². The van der Waals surface area contributed by atoms with Crippen LogP contribution in [0.5, 0.6) is 0 Å². The van der Waals surface area contributed by atoms with Crippen molar-refractivity contribution in [2.45, 2.75) is 32.5 Å². The number of aryl methyl sites for hydroxylation is 1. The third-order valence-electron chi connectivity index (χ3n) is 3.28. The summed E-state index contributed by atoms with van der Waals surface area (Å²) in [5.74, 6) is 0.523. The summed E-state index contributed by atoms with van der Waals surface area (Å²) in [7, 11) is 1.91. The largest absolute Gasteiger partial charge is 0.361 e. The number of hydrogen-bond acceptors (Lipinski definition) is 4. The number of nitrogens with two attached hydrogens (primary N) is 1. The lowest BCUT2D eigenvalue weighted by Gasteiger charge is -2.31. The van der Waals surface area contributed by atoms with E-state index in [2.05, 4.69) is 5.16 Å². The smallest absolute Gasteiger partial charge is 0.133 e. The van der Waals surface area contributed by atoms with E-state index < -0.39 is 0 Å². The van der Waals surface area contributed by atoms with Crippen LogP contribution in [0.4, 0.5) is 4.39 Å². The Labute approximate surface area is 118 Å². The van der Waals surface area contributed by atoms with Gasteiger partial charge in [-0.15, -0.1) is 0 Å². The van der Waals surface area contributed by atoms with Crippen LogP contribution in [0.3, 0.4) is 0 Å². The highest BCUT2D eigenvalue weighted by Crippen LogP contribution is 2.26. The standard InChI is InChI=1S/C15H20FN3O/c1-10-8-12(18-20-10)9-19(3)15(11(2)17)13-6-4-5-7-14(13)16/h4-8,11,15H,9,17H2,1-3H3. The van der Waals surface area contributed by atoms with Crippen molar-refractivity contribution in [3.8, 4) is 0 Å². The summed E-state index contributed by atoms with van der Waals surface area (Å²) in [6.45, 7) is 4.27. The first-order chi connectivity index (χ1) is 9.49. The molecule has 20 heavy (non-hydrogen) atoms. The Morgan fingerprint density at radius 3 is 2.65 bits per heavy atom. The van der Waals surface area contributed by atoms with E-state index in [0.29, 0.717) is 12.1 Å². The summed E-state index contributed by atoms with van der Waals surface area (Å²) in [5, 5.41) is 3.96. The van der Waals surface area contributed by atoms with Gasteiger partial charge in [-0.2, -0.15) is 0 Å². The molecule has 0 amide bonds. The maximum Gasteiger partial charge on any atom is 0.133 e. The second-order valence-electron chi connectivity index (χ2n) is 5.17. The van der Waals surface area contributed by atoms with E-state index in [9.17, 15) is 4.39 Å². The van der Waals surface area contributed by atoms with Crippen LogP contribution >= 0.6 is 0 Å². The normalized spacial score (nSPS) is 14.5. The third kappa shape index (κ3) is 3.23. The molecule has 0 radical (unpaired) electrons. The number of hydrogen-bond donors (Lipinski definition) is 1. The van der Waals surface area contributed by atoms with Gasteiger partial charge < -0.3 is 10.3 Å². The SMILES string of the molecule is Cc1cc(CN(C)C(c2ccccc2F)C(C)N)no1. The van der Waals surface area contributed by atoms with Gasteiger partial charge >= 0.3 is 0 Å². The van der Waals surface area contributed by atoms with E-state index >= 15 is 0 Å². The van der Waals surface area contributed by atoms with Crippen LogP contribution in [0.1, 0.15) is 30.0 Å². The molecule has 2 atom stereocenters. The maximum absolute atomic E-state index is 14.0. The zero-order valence-corrected chi connectivity index (χ0v) is 12.0. The fourth-order valence-electron chi connectivity index (χ4n) is 2.48. The predicted molar refractivity (Wildman–Crippen MR) is 75.5 cm³/mol. The lowest BCUT2D eigenvalue weighted by Crippen LogP contribution is -2.37. The monoisotopic (exact) mass is 277 g/mol. The summed E-state index contributed by atoms with van der Waals surface area (Å²) in [6.07, 6.45) is 0. The number of aromatic nitrogens is 1. The molecule has 2 aromatic rings. The van der Waals surface area contributed by atoms with E-state index in [-0.39, 0.29) is 17.9 Å². The zero-order valence-electron chi connectivity index (χ0n) is 12.0. The van der Waals surface area contributed by atoms with Crippen LogP contribution in [-0.4, -0.2) is 23.1 Å². The fraction of sp³-hybridized carbons (Fsp3) is 0.400. The van der Waals surface area contributed by atoms with Gasteiger partial charge in [0.15, 0.2) is 0 Å². The molecule has 2 rings (SSSR count). The molecule has 1 aromatic carbocycles. The minimum atomic E-state index is -0.238. The molecule has 108 valence electrons. The second-order valence-corrected chi connectivity index (χ2v) is 5.17. The molecule has 0 spiro atoms. The molecule has 4 nitrogen and oxygen atoms in total. The quantitative estimate of drug-likeness (QED) is 0.913. The lowest BCUT2D eigenvalue weighted by molar-refractivity contribution is 0.200. The van der Waals surface area contributed by atoms with E-state index in [1.165, 1.54) is 6.07 Å². The van der Waals surface area contributed by atoms with Crippen LogP contribution in [0.2, 0.25) is 0 Å². The lowest BCUT2D eigenvalue weighted by atomic mass is 9.99. The zero-order chi connectivity index (χ0) is 14.7. The number of benzene rings is 1. The Bertz CT molecular complexity index is 568. The van der Waals surface area contributed by atoms with E-state index in [4.69, 9.17) is 10.3 Å². The van der Waals surface area contributed by atoms with Gasteiger partial charge in [-0.25, -0.2) is 4.39 Å². The first-order valence-electron chi connectivity index (χ1n) is 6.61. The van der Waals surface area contributed by atoms with Crippen LogP contribution in [0.25, 0.3) is 0 Å². The molecular formula is C15H20FN3O. The average molecular weight is 277 g/mol. The number of halogens is 1. The van der Waals surface area contributed by atoms with Gasteiger partial charge in [0, 0.05) is 24.2 Å². The average Bonchev–Trinajstić information content (AvgIpc) is 2.77.